The molecule has 0 spiro atoms. The Labute approximate surface area is 126 Å². The minimum atomic E-state index is -0.677. The monoisotopic (exact) mass is 298 g/mol. The van der Waals surface area contributed by atoms with E-state index in [1.165, 1.54) is 31.4 Å². The maximum Gasteiger partial charge on any atom is 0.124 e. The standard InChI is InChI=1S/C17H24ClFO/c1-2-4-13-5-3-9-17(20,10-8-13)12-14-6-7-15(19)11-16(14)18/h6-7,11,13,20H,2-5,8-10,12H2,1H3. The first-order chi connectivity index (χ1) is 9.52. The minimum Gasteiger partial charge on any atom is -0.390 e. The van der Waals surface area contributed by atoms with Gasteiger partial charge >= 0.3 is 0 Å². The van der Waals surface area contributed by atoms with Crippen LogP contribution < -0.4 is 0 Å². The van der Waals surface area contributed by atoms with Crippen molar-refractivity contribution in [3.8, 4) is 0 Å². The summed E-state index contributed by atoms with van der Waals surface area (Å²) in [6.45, 7) is 2.22. The smallest absolute Gasteiger partial charge is 0.124 e. The molecule has 0 bridgehead atoms. The van der Waals surface area contributed by atoms with Crippen molar-refractivity contribution in [1.82, 2.24) is 0 Å². The van der Waals surface area contributed by atoms with Crippen LogP contribution in [-0.2, 0) is 6.42 Å². The minimum absolute atomic E-state index is 0.324. The zero-order valence-corrected chi connectivity index (χ0v) is 12.9. The van der Waals surface area contributed by atoms with Crippen LogP contribution in [-0.4, -0.2) is 10.7 Å². The molecule has 1 fully saturated rings. The van der Waals surface area contributed by atoms with E-state index in [-0.39, 0.29) is 5.82 Å². The van der Waals surface area contributed by atoms with Gasteiger partial charge in [0.15, 0.2) is 0 Å². The van der Waals surface area contributed by atoms with E-state index in [4.69, 9.17) is 11.6 Å². The maximum atomic E-state index is 13.1. The van der Waals surface area contributed by atoms with Crippen molar-refractivity contribution in [3.05, 3.63) is 34.6 Å². The highest BCUT2D eigenvalue weighted by molar-refractivity contribution is 6.31. The second kappa shape index (κ2) is 6.91. The van der Waals surface area contributed by atoms with Crippen LogP contribution in [0.4, 0.5) is 4.39 Å². The van der Waals surface area contributed by atoms with Crippen molar-refractivity contribution < 1.29 is 9.50 Å². The molecule has 1 aliphatic carbocycles. The van der Waals surface area contributed by atoms with Crippen molar-refractivity contribution in [2.24, 2.45) is 5.92 Å². The lowest BCUT2D eigenvalue weighted by atomic mass is 9.86. The van der Waals surface area contributed by atoms with E-state index in [0.29, 0.717) is 11.4 Å². The second-order valence-electron chi connectivity index (χ2n) is 6.22. The van der Waals surface area contributed by atoms with E-state index in [2.05, 4.69) is 6.92 Å². The number of rotatable bonds is 4. The molecule has 112 valence electrons. The van der Waals surface area contributed by atoms with E-state index in [1.54, 1.807) is 6.07 Å². The van der Waals surface area contributed by atoms with Crippen LogP contribution in [0.25, 0.3) is 0 Å². The Morgan fingerprint density at radius 2 is 2.15 bits per heavy atom. The third kappa shape index (κ3) is 4.20. The molecule has 0 heterocycles. The average molecular weight is 299 g/mol. The molecule has 0 radical (unpaired) electrons. The maximum absolute atomic E-state index is 13.1. The van der Waals surface area contributed by atoms with E-state index >= 15 is 0 Å². The summed E-state index contributed by atoms with van der Waals surface area (Å²) in [5.74, 6) is 0.423. The highest BCUT2D eigenvalue weighted by atomic mass is 35.5. The molecule has 1 N–H and O–H groups in total. The molecule has 1 saturated carbocycles. The molecule has 1 aromatic rings. The Hall–Kier alpha value is -0.600. The average Bonchev–Trinajstić information content (AvgIpc) is 2.57. The van der Waals surface area contributed by atoms with Gasteiger partial charge in [-0.15, -0.1) is 0 Å². The summed E-state index contributed by atoms with van der Waals surface area (Å²) >= 11 is 6.08. The van der Waals surface area contributed by atoms with Crippen molar-refractivity contribution in [2.75, 3.05) is 0 Å². The Kier molecular flexibility index (Phi) is 5.45. The van der Waals surface area contributed by atoms with Crippen molar-refractivity contribution in [2.45, 2.75) is 63.9 Å². The molecule has 2 rings (SSSR count). The topological polar surface area (TPSA) is 20.2 Å². The first-order valence-electron chi connectivity index (χ1n) is 7.69. The molecule has 20 heavy (non-hydrogen) atoms. The largest absolute Gasteiger partial charge is 0.390 e. The van der Waals surface area contributed by atoms with Gasteiger partial charge in [-0.05, 0) is 42.9 Å². The van der Waals surface area contributed by atoms with Gasteiger partial charge in [0.05, 0.1) is 5.60 Å². The number of halogens is 2. The van der Waals surface area contributed by atoms with Crippen LogP contribution in [0.15, 0.2) is 18.2 Å². The number of benzene rings is 1. The van der Waals surface area contributed by atoms with E-state index in [1.807, 2.05) is 0 Å². The number of hydrogen-bond donors (Lipinski definition) is 1. The Bertz CT molecular complexity index is 449. The summed E-state index contributed by atoms with van der Waals surface area (Å²) in [4.78, 5) is 0. The molecule has 0 saturated heterocycles. The third-order valence-corrected chi connectivity index (χ3v) is 4.86. The molecule has 1 aromatic carbocycles. The number of aliphatic hydroxyl groups is 1. The fourth-order valence-corrected chi connectivity index (χ4v) is 3.59. The summed E-state index contributed by atoms with van der Waals surface area (Å²) in [5.41, 5.74) is 0.175. The Morgan fingerprint density at radius 1 is 1.35 bits per heavy atom. The molecule has 0 aromatic heterocycles. The Morgan fingerprint density at radius 3 is 2.85 bits per heavy atom. The molecular formula is C17H24ClFO. The van der Waals surface area contributed by atoms with Gasteiger partial charge in [0, 0.05) is 11.4 Å². The quantitative estimate of drug-likeness (QED) is 0.764. The van der Waals surface area contributed by atoms with Gasteiger partial charge in [0.25, 0.3) is 0 Å². The van der Waals surface area contributed by atoms with Crippen LogP contribution in [0.2, 0.25) is 5.02 Å². The molecule has 2 atom stereocenters. The molecule has 2 unspecified atom stereocenters. The predicted molar refractivity (Wildman–Crippen MR) is 81.5 cm³/mol. The summed E-state index contributed by atoms with van der Waals surface area (Å²) in [6, 6.07) is 4.45. The third-order valence-electron chi connectivity index (χ3n) is 4.50. The van der Waals surface area contributed by atoms with E-state index in [9.17, 15) is 9.50 Å². The Balaban J connectivity index is 2.03. The number of hydrogen-bond acceptors (Lipinski definition) is 1. The normalized spacial score (nSPS) is 27.3. The van der Waals surface area contributed by atoms with Gasteiger partial charge < -0.3 is 5.11 Å². The lowest BCUT2D eigenvalue weighted by Gasteiger charge is -2.27. The van der Waals surface area contributed by atoms with Gasteiger partial charge in [-0.2, -0.15) is 0 Å². The highest BCUT2D eigenvalue weighted by Gasteiger charge is 2.31. The first-order valence-corrected chi connectivity index (χ1v) is 8.06. The van der Waals surface area contributed by atoms with Crippen molar-refractivity contribution >= 4 is 11.6 Å². The molecule has 0 amide bonds. The van der Waals surface area contributed by atoms with Crippen LogP contribution >= 0.6 is 11.6 Å². The van der Waals surface area contributed by atoms with E-state index in [0.717, 1.165) is 37.2 Å². The zero-order chi connectivity index (χ0) is 14.6. The van der Waals surface area contributed by atoms with E-state index < -0.39 is 5.60 Å². The fourth-order valence-electron chi connectivity index (χ4n) is 3.36. The predicted octanol–water partition coefficient (Wildman–Crippen LogP) is 5.13. The summed E-state index contributed by atoms with van der Waals surface area (Å²) in [5, 5.41) is 11.3. The van der Waals surface area contributed by atoms with Crippen LogP contribution in [0.1, 0.15) is 57.4 Å². The van der Waals surface area contributed by atoms with Gasteiger partial charge in [-0.3, -0.25) is 0 Å². The summed E-state index contributed by atoms with van der Waals surface area (Å²) in [6.07, 6.45) is 8.02. The SMILES string of the molecule is CCCC1CCCC(O)(Cc2ccc(F)cc2Cl)CC1. The van der Waals surface area contributed by atoms with Crippen LogP contribution in [0.5, 0.6) is 0 Å². The van der Waals surface area contributed by atoms with Crippen molar-refractivity contribution in [1.29, 1.82) is 0 Å². The van der Waals surface area contributed by atoms with Gasteiger partial charge in [-0.25, -0.2) is 4.39 Å². The molecule has 0 aliphatic heterocycles. The first kappa shape index (κ1) is 15.8. The fraction of sp³-hybridized carbons (Fsp3) is 0.647. The molecule has 1 aliphatic rings. The van der Waals surface area contributed by atoms with Crippen molar-refractivity contribution in [3.63, 3.8) is 0 Å². The second-order valence-corrected chi connectivity index (χ2v) is 6.63. The lowest BCUT2D eigenvalue weighted by Crippen LogP contribution is -2.30. The van der Waals surface area contributed by atoms with Crippen LogP contribution in [0, 0.1) is 11.7 Å². The molecule has 3 heteroatoms. The molecular weight excluding hydrogens is 275 g/mol. The summed E-state index contributed by atoms with van der Waals surface area (Å²) in [7, 11) is 0. The van der Waals surface area contributed by atoms with Gasteiger partial charge in [-0.1, -0.05) is 50.3 Å². The van der Waals surface area contributed by atoms with Gasteiger partial charge in [0.2, 0.25) is 0 Å². The van der Waals surface area contributed by atoms with Gasteiger partial charge in [0.1, 0.15) is 5.82 Å². The van der Waals surface area contributed by atoms with Crippen LogP contribution in [0.3, 0.4) is 0 Å². The zero-order valence-electron chi connectivity index (χ0n) is 12.2. The molecule has 1 nitrogen and oxygen atoms in total. The highest BCUT2D eigenvalue weighted by Crippen LogP contribution is 2.35. The lowest BCUT2D eigenvalue weighted by molar-refractivity contribution is 0.0241. The summed E-state index contributed by atoms with van der Waals surface area (Å²) < 4.78 is 13.1.